The monoisotopic (exact) mass is 248 g/mol. The van der Waals surface area contributed by atoms with E-state index in [1.165, 1.54) is 5.69 Å². The zero-order valence-corrected chi connectivity index (χ0v) is 11.8. The van der Waals surface area contributed by atoms with Gasteiger partial charge in [-0.3, -0.25) is 0 Å². The number of nitrogens with zero attached hydrogens (tertiary/aromatic N) is 2. The number of rotatable bonds is 3. The van der Waals surface area contributed by atoms with Gasteiger partial charge in [0.2, 0.25) is 0 Å². The molecule has 0 saturated carbocycles. The SMILES string of the molecule is CC1CN(c2ccc([C@@H](C)O)cc2)CC1N(C)C. The van der Waals surface area contributed by atoms with Crippen molar-refractivity contribution in [2.45, 2.75) is 26.0 Å². The average Bonchev–Trinajstić information content (AvgIpc) is 2.71. The molecule has 0 amide bonds. The van der Waals surface area contributed by atoms with Crippen LogP contribution in [-0.4, -0.2) is 43.2 Å². The number of aliphatic hydroxyl groups is 1. The van der Waals surface area contributed by atoms with Crippen LogP contribution in [0.25, 0.3) is 0 Å². The summed E-state index contributed by atoms with van der Waals surface area (Å²) in [7, 11) is 4.31. The van der Waals surface area contributed by atoms with E-state index >= 15 is 0 Å². The van der Waals surface area contributed by atoms with E-state index in [4.69, 9.17) is 0 Å². The van der Waals surface area contributed by atoms with E-state index in [-0.39, 0.29) is 6.10 Å². The van der Waals surface area contributed by atoms with E-state index in [9.17, 15) is 5.11 Å². The summed E-state index contributed by atoms with van der Waals surface area (Å²) < 4.78 is 0. The minimum absolute atomic E-state index is 0.383. The second-order valence-corrected chi connectivity index (χ2v) is 5.68. The average molecular weight is 248 g/mol. The minimum Gasteiger partial charge on any atom is -0.389 e. The maximum atomic E-state index is 9.52. The van der Waals surface area contributed by atoms with Crippen molar-refractivity contribution >= 4 is 5.69 Å². The van der Waals surface area contributed by atoms with Gasteiger partial charge in [0.15, 0.2) is 0 Å². The molecule has 0 bridgehead atoms. The molecule has 1 fully saturated rings. The summed E-state index contributed by atoms with van der Waals surface area (Å²) in [5, 5.41) is 9.52. The Hall–Kier alpha value is -1.06. The fraction of sp³-hybridized carbons (Fsp3) is 0.600. The third kappa shape index (κ3) is 2.68. The highest BCUT2D eigenvalue weighted by atomic mass is 16.3. The van der Waals surface area contributed by atoms with Gasteiger partial charge < -0.3 is 14.9 Å². The Morgan fingerprint density at radius 3 is 2.28 bits per heavy atom. The van der Waals surface area contributed by atoms with Gasteiger partial charge in [0.1, 0.15) is 0 Å². The van der Waals surface area contributed by atoms with Crippen molar-refractivity contribution in [1.29, 1.82) is 0 Å². The first-order valence-corrected chi connectivity index (χ1v) is 6.68. The van der Waals surface area contributed by atoms with Gasteiger partial charge in [-0.15, -0.1) is 0 Å². The third-order valence-electron chi connectivity index (χ3n) is 3.98. The van der Waals surface area contributed by atoms with Crippen LogP contribution in [0.3, 0.4) is 0 Å². The zero-order chi connectivity index (χ0) is 13.3. The Labute approximate surface area is 110 Å². The van der Waals surface area contributed by atoms with Crippen LogP contribution < -0.4 is 4.90 Å². The lowest BCUT2D eigenvalue weighted by Crippen LogP contribution is -2.34. The lowest BCUT2D eigenvalue weighted by molar-refractivity contribution is 0.199. The summed E-state index contributed by atoms with van der Waals surface area (Å²) in [4.78, 5) is 4.75. The topological polar surface area (TPSA) is 26.7 Å². The van der Waals surface area contributed by atoms with E-state index in [0.29, 0.717) is 12.0 Å². The van der Waals surface area contributed by atoms with Gasteiger partial charge >= 0.3 is 0 Å². The van der Waals surface area contributed by atoms with Crippen LogP contribution in [0.15, 0.2) is 24.3 Å². The van der Waals surface area contributed by atoms with Crippen LogP contribution in [-0.2, 0) is 0 Å². The number of anilines is 1. The number of hydrogen-bond acceptors (Lipinski definition) is 3. The predicted molar refractivity (Wildman–Crippen MR) is 75.9 cm³/mol. The summed E-state index contributed by atoms with van der Waals surface area (Å²) in [6.07, 6.45) is -0.383. The third-order valence-corrected chi connectivity index (χ3v) is 3.98. The molecule has 3 nitrogen and oxygen atoms in total. The highest BCUT2D eigenvalue weighted by Gasteiger charge is 2.30. The Morgan fingerprint density at radius 2 is 1.83 bits per heavy atom. The van der Waals surface area contributed by atoms with Crippen molar-refractivity contribution in [3.63, 3.8) is 0 Å². The Morgan fingerprint density at radius 1 is 1.22 bits per heavy atom. The number of aliphatic hydroxyl groups excluding tert-OH is 1. The second-order valence-electron chi connectivity index (χ2n) is 5.68. The fourth-order valence-corrected chi connectivity index (χ4v) is 2.80. The molecule has 100 valence electrons. The quantitative estimate of drug-likeness (QED) is 0.887. The van der Waals surface area contributed by atoms with Crippen molar-refractivity contribution in [3.05, 3.63) is 29.8 Å². The molecular weight excluding hydrogens is 224 g/mol. The van der Waals surface area contributed by atoms with E-state index in [1.54, 1.807) is 6.92 Å². The van der Waals surface area contributed by atoms with Gasteiger partial charge in [-0.25, -0.2) is 0 Å². The maximum absolute atomic E-state index is 9.52. The molecular formula is C15H24N2O. The molecule has 1 aliphatic heterocycles. The standard InChI is InChI=1S/C15H24N2O/c1-11-9-17(10-15(11)16(3)4)14-7-5-13(6-8-14)12(2)18/h5-8,11-12,15,18H,9-10H2,1-4H3/t11?,12-,15?/m1/s1. The van der Waals surface area contributed by atoms with Crippen LogP contribution in [0.1, 0.15) is 25.5 Å². The predicted octanol–water partition coefficient (Wildman–Crippen LogP) is 2.13. The highest BCUT2D eigenvalue weighted by molar-refractivity contribution is 5.49. The molecule has 1 saturated heterocycles. The second kappa shape index (κ2) is 5.29. The van der Waals surface area contributed by atoms with Crippen molar-refractivity contribution in [3.8, 4) is 0 Å². The summed E-state index contributed by atoms with van der Waals surface area (Å²) in [5.74, 6) is 0.691. The van der Waals surface area contributed by atoms with Crippen LogP contribution in [0.5, 0.6) is 0 Å². The largest absolute Gasteiger partial charge is 0.389 e. The Balaban J connectivity index is 2.09. The van der Waals surface area contributed by atoms with Crippen molar-refractivity contribution in [2.24, 2.45) is 5.92 Å². The van der Waals surface area contributed by atoms with Crippen molar-refractivity contribution in [1.82, 2.24) is 4.90 Å². The van der Waals surface area contributed by atoms with Gasteiger partial charge in [0, 0.05) is 24.8 Å². The first kappa shape index (κ1) is 13.4. The van der Waals surface area contributed by atoms with E-state index in [1.807, 2.05) is 12.1 Å². The number of benzene rings is 1. The van der Waals surface area contributed by atoms with E-state index in [2.05, 4.69) is 43.0 Å². The first-order valence-electron chi connectivity index (χ1n) is 6.68. The molecule has 0 aromatic heterocycles. The Kier molecular flexibility index (Phi) is 3.93. The molecule has 1 aromatic rings. The summed E-state index contributed by atoms with van der Waals surface area (Å²) >= 11 is 0. The van der Waals surface area contributed by atoms with Crippen LogP contribution in [0, 0.1) is 5.92 Å². The molecule has 18 heavy (non-hydrogen) atoms. The maximum Gasteiger partial charge on any atom is 0.0761 e. The summed E-state index contributed by atoms with van der Waals surface area (Å²) in [5.41, 5.74) is 2.24. The molecule has 3 heteroatoms. The van der Waals surface area contributed by atoms with Gasteiger partial charge in [0.05, 0.1) is 6.10 Å². The number of hydrogen-bond donors (Lipinski definition) is 1. The molecule has 3 atom stereocenters. The molecule has 1 aliphatic rings. The fourth-order valence-electron chi connectivity index (χ4n) is 2.80. The molecule has 0 aliphatic carbocycles. The van der Waals surface area contributed by atoms with Crippen LogP contribution in [0.4, 0.5) is 5.69 Å². The van der Waals surface area contributed by atoms with Gasteiger partial charge in [0.25, 0.3) is 0 Å². The Bertz CT molecular complexity index is 386. The zero-order valence-electron chi connectivity index (χ0n) is 11.8. The van der Waals surface area contributed by atoms with Gasteiger partial charge in [-0.2, -0.15) is 0 Å². The molecule has 1 heterocycles. The van der Waals surface area contributed by atoms with Crippen LogP contribution >= 0.6 is 0 Å². The summed E-state index contributed by atoms with van der Waals surface area (Å²) in [6.45, 7) is 6.31. The molecule has 2 unspecified atom stereocenters. The molecule has 1 aromatic carbocycles. The van der Waals surface area contributed by atoms with E-state index in [0.717, 1.165) is 18.7 Å². The first-order chi connectivity index (χ1) is 8.49. The minimum atomic E-state index is -0.383. The molecule has 1 N–H and O–H groups in total. The summed E-state index contributed by atoms with van der Waals surface area (Å²) in [6, 6.07) is 8.91. The molecule has 2 rings (SSSR count). The van der Waals surface area contributed by atoms with Gasteiger partial charge in [-0.1, -0.05) is 19.1 Å². The van der Waals surface area contributed by atoms with Crippen molar-refractivity contribution < 1.29 is 5.11 Å². The van der Waals surface area contributed by atoms with E-state index < -0.39 is 0 Å². The highest BCUT2D eigenvalue weighted by Crippen LogP contribution is 2.27. The van der Waals surface area contributed by atoms with Gasteiger partial charge in [-0.05, 0) is 44.6 Å². The lowest BCUT2D eigenvalue weighted by atomic mass is 10.1. The van der Waals surface area contributed by atoms with Crippen LogP contribution in [0.2, 0.25) is 0 Å². The smallest absolute Gasteiger partial charge is 0.0761 e. The normalized spacial score (nSPS) is 25.8. The van der Waals surface area contributed by atoms with Crippen molar-refractivity contribution in [2.75, 3.05) is 32.1 Å². The molecule has 0 spiro atoms. The molecule has 0 radical (unpaired) electrons. The number of likely N-dealkylation sites (N-methyl/N-ethyl adjacent to an activating group) is 1. The lowest BCUT2D eigenvalue weighted by Gasteiger charge is -2.23.